The van der Waals surface area contributed by atoms with Gasteiger partial charge in [0.1, 0.15) is 11.0 Å². The van der Waals surface area contributed by atoms with Gasteiger partial charge in [-0.05, 0) is 37.1 Å². The minimum Gasteiger partial charge on any atom is -0.467 e. The fourth-order valence-corrected chi connectivity index (χ4v) is 4.09. The van der Waals surface area contributed by atoms with Crippen LogP contribution in [0.4, 0.5) is 0 Å². The largest absolute Gasteiger partial charge is 0.467 e. The van der Waals surface area contributed by atoms with Crippen LogP contribution in [0.15, 0.2) is 82.6 Å². The molecule has 0 spiro atoms. The Labute approximate surface area is 174 Å². The van der Waals surface area contributed by atoms with Gasteiger partial charge < -0.3 is 4.42 Å². The molecule has 0 aliphatic carbocycles. The van der Waals surface area contributed by atoms with Crippen molar-refractivity contribution in [2.24, 2.45) is 0 Å². The SMILES string of the molecule is Cc1cccc(-c2nnc(SC(C#N)Cc3ccccc3)n2Cc2ccco2)c1. The number of nitrogens with zero attached hydrogens (tertiary/aromatic N) is 4. The van der Waals surface area contributed by atoms with Gasteiger partial charge in [-0.25, -0.2) is 0 Å². The van der Waals surface area contributed by atoms with Gasteiger partial charge in [-0.2, -0.15) is 5.26 Å². The van der Waals surface area contributed by atoms with Crippen LogP contribution in [0, 0.1) is 18.3 Å². The second kappa shape index (κ2) is 8.80. The molecule has 0 saturated heterocycles. The molecule has 0 aliphatic heterocycles. The van der Waals surface area contributed by atoms with Gasteiger partial charge in [-0.3, -0.25) is 4.57 Å². The van der Waals surface area contributed by atoms with Gasteiger partial charge in [0.2, 0.25) is 0 Å². The highest BCUT2D eigenvalue weighted by atomic mass is 32.2. The topological polar surface area (TPSA) is 67.6 Å². The summed E-state index contributed by atoms with van der Waals surface area (Å²) < 4.78 is 7.57. The summed E-state index contributed by atoms with van der Waals surface area (Å²) in [6.45, 7) is 2.56. The van der Waals surface area contributed by atoms with Crippen molar-refractivity contribution in [1.29, 1.82) is 5.26 Å². The van der Waals surface area contributed by atoms with E-state index in [1.54, 1.807) is 6.26 Å². The zero-order valence-electron chi connectivity index (χ0n) is 16.0. The summed E-state index contributed by atoms with van der Waals surface area (Å²) >= 11 is 1.44. The number of hydrogen-bond donors (Lipinski definition) is 0. The van der Waals surface area contributed by atoms with Gasteiger partial charge in [0.25, 0.3) is 0 Å². The first kappa shape index (κ1) is 19.0. The summed E-state index contributed by atoms with van der Waals surface area (Å²) in [6, 6.07) is 24.4. The third-order valence-corrected chi connectivity index (χ3v) is 5.61. The average molecular weight is 401 g/mol. The summed E-state index contributed by atoms with van der Waals surface area (Å²) in [5, 5.41) is 19.0. The molecule has 29 heavy (non-hydrogen) atoms. The second-order valence-corrected chi connectivity index (χ2v) is 7.94. The van der Waals surface area contributed by atoms with Crippen LogP contribution in [0.2, 0.25) is 0 Å². The number of nitriles is 1. The summed E-state index contributed by atoms with van der Waals surface area (Å²) in [7, 11) is 0. The molecule has 0 N–H and O–H groups in total. The van der Waals surface area contributed by atoms with E-state index in [1.807, 2.05) is 59.2 Å². The van der Waals surface area contributed by atoms with Crippen molar-refractivity contribution < 1.29 is 4.42 Å². The van der Waals surface area contributed by atoms with E-state index in [1.165, 1.54) is 11.8 Å². The highest BCUT2D eigenvalue weighted by Gasteiger charge is 2.20. The van der Waals surface area contributed by atoms with Crippen molar-refractivity contribution in [2.45, 2.75) is 30.3 Å². The lowest BCUT2D eigenvalue weighted by atomic mass is 10.1. The first-order chi connectivity index (χ1) is 14.2. The Bertz CT molecular complexity index is 1110. The first-order valence-corrected chi connectivity index (χ1v) is 10.2. The molecular formula is C23H20N4OS. The minimum atomic E-state index is -0.262. The summed E-state index contributed by atoms with van der Waals surface area (Å²) in [5.41, 5.74) is 3.28. The van der Waals surface area contributed by atoms with E-state index in [4.69, 9.17) is 4.42 Å². The van der Waals surface area contributed by atoms with E-state index >= 15 is 0 Å². The van der Waals surface area contributed by atoms with Crippen LogP contribution in [0.25, 0.3) is 11.4 Å². The molecule has 0 radical (unpaired) electrons. The number of hydrogen-bond acceptors (Lipinski definition) is 5. The summed E-state index contributed by atoms with van der Waals surface area (Å²) in [6.07, 6.45) is 2.31. The third kappa shape index (κ3) is 4.58. The Morgan fingerprint density at radius 2 is 1.93 bits per heavy atom. The van der Waals surface area contributed by atoms with Gasteiger partial charge in [-0.1, -0.05) is 65.9 Å². The van der Waals surface area contributed by atoms with Gasteiger partial charge in [0.15, 0.2) is 11.0 Å². The lowest BCUT2D eigenvalue weighted by Crippen LogP contribution is -2.08. The predicted molar refractivity (Wildman–Crippen MR) is 113 cm³/mol. The molecular weight excluding hydrogens is 380 g/mol. The predicted octanol–water partition coefficient (Wildman–Crippen LogP) is 5.12. The number of aryl methyl sites for hydroxylation is 1. The van der Waals surface area contributed by atoms with Crippen LogP contribution in [0.5, 0.6) is 0 Å². The molecule has 2 aromatic heterocycles. The molecule has 1 unspecified atom stereocenters. The highest BCUT2D eigenvalue weighted by Crippen LogP contribution is 2.29. The molecule has 144 valence electrons. The maximum atomic E-state index is 9.71. The van der Waals surface area contributed by atoms with E-state index in [9.17, 15) is 5.26 Å². The lowest BCUT2D eigenvalue weighted by Gasteiger charge is -2.12. The van der Waals surface area contributed by atoms with Crippen molar-refractivity contribution in [3.63, 3.8) is 0 Å². The maximum absolute atomic E-state index is 9.71. The molecule has 1 atom stereocenters. The Balaban J connectivity index is 1.66. The molecule has 0 fully saturated rings. The number of rotatable bonds is 7. The molecule has 6 heteroatoms. The Hall–Kier alpha value is -3.30. The molecule has 0 saturated carbocycles. The molecule has 0 bridgehead atoms. The third-order valence-electron chi connectivity index (χ3n) is 4.54. The van der Waals surface area contributed by atoms with Crippen LogP contribution in [-0.2, 0) is 13.0 Å². The fraction of sp³-hybridized carbons (Fsp3) is 0.174. The molecule has 0 amide bonds. The van der Waals surface area contributed by atoms with Crippen molar-refractivity contribution in [1.82, 2.24) is 14.8 Å². The quantitative estimate of drug-likeness (QED) is 0.403. The van der Waals surface area contributed by atoms with Crippen molar-refractivity contribution in [3.8, 4) is 17.5 Å². The smallest absolute Gasteiger partial charge is 0.193 e. The Morgan fingerprint density at radius 3 is 2.66 bits per heavy atom. The van der Waals surface area contributed by atoms with E-state index < -0.39 is 0 Å². The van der Waals surface area contributed by atoms with E-state index in [0.29, 0.717) is 18.1 Å². The number of furan rings is 1. The molecule has 2 aromatic carbocycles. The van der Waals surface area contributed by atoms with E-state index in [0.717, 1.165) is 28.3 Å². The Kier molecular flexibility index (Phi) is 5.78. The van der Waals surface area contributed by atoms with Gasteiger partial charge >= 0.3 is 0 Å². The maximum Gasteiger partial charge on any atom is 0.193 e. The van der Waals surface area contributed by atoms with Crippen LogP contribution in [-0.4, -0.2) is 20.0 Å². The van der Waals surface area contributed by atoms with E-state index in [-0.39, 0.29) is 5.25 Å². The van der Waals surface area contributed by atoms with Crippen molar-refractivity contribution in [2.75, 3.05) is 0 Å². The standard InChI is InChI=1S/C23H20N4OS/c1-17-7-5-10-19(13-17)22-25-26-23(27(22)16-20-11-6-12-28-20)29-21(15-24)14-18-8-3-2-4-9-18/h2-13,21H,14,16H2,1H3. The van der Waals surface area contributed by atoms with E-state index in [2.05, 4.69) is 35.3 Å². The minimum absolute atomic E-state index is 0.262. The van der Waals surface area contributed by atoms with Gasteiger partial charge in [0.05, 0.1) is 18.9 Å². The number of benzene rings is 2. The monoisotopic (exact) mass is 400 g/mol. The number of aromatic nitrogens is 3. The highest BCUT2D eigenvalue weighted by molar-refractivity contribution is 8.00. The normalized spacial score (nSPS) is 11.9. The van der Waals surface area contributed by atoms with Crippen molar-refractivity contribution >= 4 is 11.8 Å². The fourth-order valence-electron chi connectivity index (χ4n) is 3.14. The second-order valence-electron chi connectivity index (χ2n) is 6.77. The van der Waals surface area contributed by atoms with Gasteiger partial charge in [-0.15, -0.1) is 10.2 Å². The molecule has 4 aromatic rings. The van der Waals surface area contributed by atoms with Crippen LogP contribution < -0.4 is 0 Å². The molecule has 4 rings (SSSR count). The molecule has 0 aliphatic rings. The van der Waals surface area contributed by atoms with Crippen LogP contribution in [0.1, 0.15) is 16.9 Å². The van der Waals surface area contributed by atoms with Gasteiger partial charge in [0, 0.05) is 5.56 Å². The van der Waals surface area contributed by atoms with Crippen LogP contribution >= 0.6 is 11.8 Å². The van der Waals surface area contributed by atoms with Crippen molar-refractivity contribution in [3.05, 3.63) is 89.9 Å². The van der Waals surface area contributed by atoms with Crippen LogP contribution in [0.3, 0.4) is 0 Å². The summed E-state index contributed by atoms with van der Waals surface area (Å²) in [5.74, 6) is 1.58. The summed E-state index contributed by atoms with van der Waals surface area (Å²) in [4.78, 5) is 0. The first-order valence-electron chi connectivity index (χ1n) is 9.36. The molecule has 2 heterocycles. The Morgan fingerprint density at radius 1 is 1.07 bits per heavy atom. The molecule has 5 nitrogen and oxygen atoms in total. The average Bonchev–Trinajstić information content (AvgIpc) is 3.39. The zero-order valence-corrected chi connectivity index (χ0v) is 16.8. The number of thioether (sulfide) groups is 1. The lowest BCUT2D eigenvalue weighted by molar-refractivity contribution is 0.485. The zero-order chi connectivity index (χ0) is 20.1.